The highest BCUT2D eigenvalue weighted by Gasteiger charge is 2.35. The summed E-state index contributed by atoms with van der Waals surface area (Å²) in [7, 11) is -3.45. The van der Waals surface area contributed by atoms with Crippen LogP contribution in [0.2, 0.25) is 0 Å². The molecule has 0 fully saturated rings. The van der Waals surface area contributed by atoms with Crippen LogP contribution in [0.15, 0.2) is 24.3 Å². The summed E-state index contributed by atoms with van der Waals surface area (Å²) in [5.41, 5.74) is 0.596. The van der Waals surface area contributed by atoms with Crippen LogP contribution in [0.25, 0.3) is 0 Å². The third-order valence-electron chi connectivity index (χ3n) is 2.91. The van der Waals surface area contributed by atoms with E-state index in [1.807, 2.05) is 0 Å². The third kappa shape index (κ3) is 2.66. The number of aliphatic hydroxyl groups is 1. The summed E-state index contributed by atoms with van der Waals surface area (Å²) < 4.78 is 22.9. The van der Waals surface area contributed by atoms with E-state index < -0.39 is 28.3 Å². The second-order valence-corrected chi connectivity index (χ2v) is 6.49. The van der Waals surface area contributed by atoms with E-state index in [2.05, 4.69) is 0 Å². The minimum Gasteiger partial charge on any atom is -0.395 e. The first kappa shape index (κ1) is 13.7. The number of nitrogens with zero attached hydrogens (tertiary/aromatic N) is 1. The summed E-state index contributed by atoms with van der Waals surface area (Å²) in [4.78, 5) is 24.8. The smallest absolute Gasteiger partial charge is 0.261 e. The summed E-state index contributed by atoms with van der Waals surface area (Å²) in [6.07, 6.45) is 0. The van der Waals surface area contributed by atoms with Crippen LogP contribution in [-0.4, -0.2) is 54.9 Å². The summed E-state index contributed by atoms with van der Waals surface area (Å²) in [5, 5.41) is 8.61. The Labute approximate surface area is 110 Å². The monoisotopic (exact) mass is 283 g/mol. The predicted molar refractivity (Wildman–Crippen MR) is 67.5 cm³/mol. The molecule has 1 heterocycles. The molecule has 1 aromatic rings. The van der Waals surface area contributed by atoms with E-state index in [-0.39, 0.29) is 18.1 Å². The Kier molecular flexibility index (Phi) is 3.68. The van der Waals surface area contributed by atoms with Gasteiger partial charge in [0.05, 0.1) is 29.2 Å². The lowest BCUT2D eigenvalue weighted by atomic mass is 10.1. The zero-order valence-electron chi connectivity index (χ0n) is 10.1. The Bertz CT molecular complexity index is 588. The number of hydrogen-bond donors (Lipinski definition) is 1. The van der Waals surface area contributed by atoms with E-state index in [9.17, 15) is 18.0 Å². The van der Waals surface area contributed by atoms with Gasteiger partial charge in [-0.2, -0.15) is 0 Å². The van der Waals surface area contributed by atoms with Crippen LogP contribution in [-0.2, 0) is 9.84 Å². The van der Waals surface area contributed by atoms with Crippen molar-refractivity contribution < 1.29 is 23.1 Å². The van der Waals surface area contributed by atoms with Gasteiger partial charge in [-0.25, -0.2) is 8.42 Å². The first-order valence-corrected chi connectivity index (χ1v) is 7.55. The average molecular weight is 283 g/mol. The van der Waals surface area contributed by atoms with Crippen molar-refractivity contribution in [2.75, 3.05) is 24.7 Å². The number of rotatable bonds is 5. The third-order valence-corrected chi connectivity index (χ3v) is 4.52. The first-order valence-electron chi connectivity index (χ1n) is 5.73. The summed E-state index contributed by atoms with van der Waals surface area (Å²) in [5.74, 6) is -1.64. The average Bonchev–Trinajstić information content (AvgIpc) is 2.61. The Hall–Kier alpha value is -1.73. The van der Waals surface area contributed by atoms with Crippen LogP contribution in [0.4, 0.5) is 0 Å². The number of imide groups is 1. The van der Waals surface area contributed by atoms with Crippen molar-refractivity contribution in [3.05, 3.63) is 35.4 Å². The summed E-state index contributed by atoms with van der Waals surface area (Å²) in [6.45, 7) is -0.654. The van der Waals surface area contributed by atoms with E-state index in [0.29, 0.717) is 11.1 Å². The summed E-state index contributed by atoms with van der Waals surface area (Å²) >= 11 is 0. The minimum absolute atomic E-state index is 0.186. The van der Waals surface area contributed by atoms with Gasteiger partial charge in [0.1, 0.15) is 0 Å². The lowest BCUT2D eigenvalue weighted by Gasteiger charge is -2.13. The maximum Gasteiger partial charge on any atom is 0.261 e. The highest BCUT2D eigenvalue weighted by Crippen LogP contribution is 2.22. The van der Waals surface area contributed by atoms with Crippen LogP contribution in [0.1, 0.15) is 20.7 Å². The molecule has 0 radical (unpaired) electrons. The van der Waals surface area contributed by atoms with Gasteiger partial charge >= 0.3 is 0 Å². The van der Waals surface area contributed by atoms with Crippen molar-refractivity contribution in [1.82, 2.24) is 4.90 Å². The van der Waals surface area contributed by atoms with E-state index in [0.717, 1.165) is 4.90 Å². The molecule has 1 aliphatic rings. The van der Waals surface area contributed by atoms with Crippen LogP contribution < -0.4 is 0 Å². The Morgan fingerprint density at radius 2 is 1.53 bits per heavy atom. The molecule has 0 unspecified atom stereocenters. The van der Waals surface area contributed by atoms with Gasteiger partial charge in [0, 0.05) is 6.54 Å². The van der Waals surface area contributed by atoms with E-state index in [4.69, 9.17) is 5.11 Å². The van der Waals surface area contributed by atoms with Crippen molar-refractivity contribution in [3.8, 4) is 0 Å². The maximum atomic E-state index is 11.9. The van der Waals surface area contributed by atoms with Crippen molar-refractivity contribution in [2.45, 2.75) is 0 Å². The molecule has 2 rings (SSSR count). The van der Waals surface area contributed by atoms with Gasteiger partial charge in [-0.1, -0.05) is 12.1 Å². The van der Waals surface area contributed by atoms with Crippen LogP contribution >= 0.6 is 0 Å². The number of carbonyl (C=O) groups is 2. The molecule has 0 aliphatic carbocycles. The van der Waals surface area contributed by atoms with Gasteiger partial charge in [-0.15, -0.1) is 0 Å². The number of sulfone groups is 1. The van der Waals surface area contributed by atoms with Gasteiger partial charge in [-0.3, -0.25) is 14.5 Å². The molecule has 0 atom stereocenters. The molecule has 102 valence electrons. The second-order valence-electron chi connectivity index (χ2n) is 4.18. The molecule has 0 bridgehead atoms. The SMILES string of the molecule is O=C1c2ccccc2C(=O)N1CCS(=O)(=O)CCO. The fraction of sp³-hybridized carbons (Fsp3) is 0.333. The lowest BCUT2D eigenvalue weighted by Crippen LogP contribution is -2.35. The lowest BCUT2D eigenvalue weighted by molar-refractivity contribution is 0.0664. The Morgan fingerprint density at radius 3 is 2.00 bits per heavy atom. The first-order chi connectivity index (χ1) is 8.96. The number of carbonyl (C=O) groups excluding carboxylic acids is 2. The largest absolute Gasteiger partial charge is 0.395 e. The molecule has 1 N–H and O–H groups in total. The molecule has 2 amide bonds. The zero-order valence-corrected chi connectivity index (χ0v) is 10.9. The molecular formula is C12H13NO5S. The van der Waals surface area contributed by atoms with Crippen molar-refractivity contribution in [1.29, 1.82) is 0 Å². The summed E-state index contributed by atoms with van der Waals surface area (Å²) in [6, 6.07) is 6.38. The Balaban J connectivity index is 2.13. The van der Waals surface area contributed by atoms with Crippen LogP contribution in [0, 0.1) is 0 Å². The highest BCUT2D eigenvalue weighted by molar-refractivity contribution is 7.91. The quantitative estimate of drug-likeness (QED) is 0.748. The second kappa shape index (κ2) is 5.10. The van der Waals surface area contributed by atoms with Crippen molar-refractivity contribution in [3.63, 3.8) is 0 Å². The van der Waals surface area contributed by atoms with Gasteiger partial charge < -0.3 is 5.11 Å². The molecule has 0 aromatic heterocycles. The molecule has 1 aromatic carbocycles. The molecule has 0 spiro atoms. The molecule has 19 heavy (non-hydrogen) atoms. The fourth-order valence-corrected chi connectivity index (χ4v) is 2.86. The van der Waals surface area contributed by atoms with E-state index in [1.54, 1.807) is 12.1 Å². The normalized spacial score (nSPS) is 14.9. The predicted octanol–water partition coefficient (Wildman–Crippen LogP) is -0.310. The maximum absolute atomic E-state index is 11.9. The van der Waals surface area contributed by atoms with Gasteiger partial charge in [0.15, 0.2) is 9.84 Å². The zero-order chi connectivity index (χ0) is 14.0. The standard InChI is InChI=1S/C12H13NO5S/c14-6-8-19(17,18)7-5-13-11(15)9-3-1-2-4-10(9)12(13)16/h1-4,14H,5-8H2. The fourth-order valence-electron chi connectivity index (χ4n) is 1.91. The highest BCUT2D eigenvalue weighted by atomic mass is 32.2. The number of amides is 2. The van der Waals surface area contributed by atoms with Gasteiger partial charge in [-0.05, 0) is 12.1 Å². The molecule has 0 saturated heterocycles. The molecule has 0 saturated carbocycles. The number of aliphatic hydroxyl groups excluding tert-OH is 1. The molecule has 1 aliphatic heterocycles. The topological polar surface area (TPSA) is 91.8 Å². The number of benzene rings is 1. The number of hydrogen-bond acceptors (Lipinski definition) is 5. The van der Waals surface area contributed by atoms with E-state index >= 15 is 0 Å². The van der Waals surface area contributed by atoms with Gasteiger partial charge in [0.25, 0.3) is 11.8 Å². The van der Waals surface area contributed by atoms with Gasteiger partial charge in [0.2, 0.25) is 0 Å². The molecule has 7 heteroatoms. The van der Waals surface area contributed by atoms with Crippen molar-refractivity contribution >= 4 is 21.7 Å². The van der Waals surface area contributed by atoms with Crippen LogP contribution in [0.3, 0.4) is 0 Å². The minimum atomic E-state index is -3.45. The number of fused-ring (bicyclic) bond motifs is 1. The van der Waals surface area contributed by atoms with E-state index in [1.165, 1.54) is 12.1 Å². The Morgan fingerprint density at radius 1 is 1.00 bits per heavy atom. The van der Waals surface area contributed by atoms with Crippen LogP contribution in [0.5, 0.6) is 0 Å². The molecular weight excluding hydrogens is 270 g/mol. The van der Waals surface area contributed by atoms with Crippen molar-refractivity contribution in [2.24, 2.45) is 0 Å². The molecule has 6 nitrogen and oxygen atoms in total.